The van der Waals surface area contributed by atoms with Gasteiger partial charge in [-0.25, -0.2) is 12.8 Å². The minimum atomic E-state index is -3.14. The van der Waals surface area contributed by atoms with Gasteiger partial charge in [0.25, 0.3) is 0 Å². The Bertz CT molecular complexity index is 499. The van der Waals surface area contributed by atoms with Crippen LogP contribution in [0.2, 0.25) is 0 Å². The number of benzene rings is 1. The molecule has 1 aromatic rings. The van der Waals surface area contributed by atoms with Crippen molar-refractivity contribution in [2.45, 2.75) is 25.1 Å². The lowest BCUT2D eigenvalue weighted by Gasteiger charge is -2.23. The van der Waals surface area contributed by atoms with Gasteiger partial charge in [-0.3, -0.25) is 0 Å². The highest BCUT2D eigenvalue weighted by molar-refractivity contribution is 7.91. The van der Waals surface area contributed by atoms with E-state index in [0.717, 1.165) is 5.56 Å². The van der Waals surface area contributed by atoms with Crippen LogP contribution in [0.4, 0.5) is 4.39 Å². The summed E-state index contributed by atoms with van der Waals surface area (Å²) in [6.07, 6.45) is 1.21. The van der Waals surface area contributed by atoms with E-state index in [9.17, 15) is 12.8 Å². The number of rotatable bonds is 4. The summed E-state index contributed by atoms with van der Waals surface area (Å²) < 4.78 is 36.2. The molecule has 5 heteroatoms. The number of hydrogen-bond donors (Lipinski definition) is 1. The molecule has 0 amide bonds. The zero-order chi connectivity index (χ0) is 13.2. The van der Waals surface area contributed by atoms with E-state index in [1.165, 1.54) is 12.3 Å². The lowest BCUT2D eigenvalue weighted by Crippen LogP contribution is -2.33. The smallest absolute Gasteiger partial charge is 0.151 e. The molecule has 1 rings (SSSR count). The summed E-state index contributed by atoms with van der Waals surface area (Å²) >= 11 is 0. The Morgan fingerprint density at radius 2 is 1.94 bits per heavy atom. The molecule has 17 heavy (non-hydrogen) atoms. The second-order valence-corrected chi connectivity index (χ2v) is 6.71. The summed E-state index contributed by atoms with van der Waals surface area (Å²) in [7, 11) is -1.44. The fourth-order valence-corrected chi connectivity index (χ4v) is 2.57. The molecule has 96 valence electrons. The van der Waals surface area contributed by atoms with Gasteiger partial charge in [0, 0.05) is 12.3 Å². The molecule has 0 saturated heterocycles. The quantitative estimate of drug-likeness (QED) is 0.897. The SMILES string of the molecule is CNC(c1ccc(F)c(C)c1)C(C)S(C)(=O)=O. The third-order valence-electron chi connectivity index (χ3n) is 3.00. The van der Waals surface area contributed by atoms with Crippen LogP contribution in [-0.2, 0) is 9.84 Å². The van der Waals surface area contributed by atoms with Crippen molar-refractivity contribution in [3.8, 4) is 0 Å². The maximum atomic E-state index is 13.2. The molecule has 0 aliphatic carbocycles. The first-order valence-electron chi connectivity index (χ1n) is 5.39. The van der Waals surface area contributed by atoms with E-state index in [1.54, 1.807) is 33.0 Å². The Hall–Kier alpha value is -0.940. The average Bonchev–Trinajstić information content (AvgIpc) is 2.23. The molecule has 0 heterocycles. The molecule has 2 atom stereocenters. The molecule has 0 saturated carbocycles. The van der Waals surface area contributed by atoms with Gasteiger partial charge >= 0.3 is 0 Å². The highest BCUT2D eigenvalue weighted by atomic mass is 32.2. The molecule has 0 radical (unpaired) electrons. The predicted octanol–water partition coefficient (Wildman–Crippen LogP) is 1.83. The summed E-state index contributed by atoms with van der Waals surface area (Å²) in [6.45, 7) is 3.31. The van der Waals surface area contributed by atoms with Crippen LogP contribution in [0.15, 0.2) is 18.2 Å². The van der Waals surface area contributed by atoms with Crippen molar-refractivity contribution in [3.05, 3.63) is 35.1 Å². The topological polar surface area (TPSA) is 46.2 Å². The zero-order valence-corrected chi connectivity index (χ0v) is 11.3. The summed E-state index contributed by atoms with van der Waals surface area (Å²) in [5, 5.41) is 2.41. The van der Waals surface area contributed by atoms with Crippen LogP contribution in [0.3, 0.4) is 0 Å². The van der Waals surface area contributed by atoms with E-state index >= 15 is 0 Å². The van der Waals surface area contributed by atoms with Crippen LogP contribution in [-0.4, -0.2) is 27.0 Å². The molecule has 0 aliphatic heterocycles. The molecule has 0 spiro atoms. The van der Waals surface area contributed by atoms with Crippen LogP contribution in [0.25, 0.3) is 0 Å². The lowest BCUT2D eigenvalue weighted by molar-refractivity contribution is 0.533. The molecular weight excluding hydrogens is 241 g/mol. The maximum absolute atomic E-state index is 13.2. The Labute approximate surface area is 102 Å². The third-order valence-corrected chi connectivity index (χ3v) is 4.62. The Kier molecular flexibility index (Phi) is 4.27. The Morgan fingerprint density at radius 1 is 1.35 bits per heavy atom. The van der Waals surface area contributed by atoms with Crippen molar-refractivity contribution in [2.75, 3.05) is 13.3 Å². The van der Waals surface area contributed by atoms with E-state index in [0.29, 0.717) is 5.56 Å². The van der Waals surface area contributed by atoms with E-state index in [-0.39, 0.29) is 11.9 Å². The number of hydrogen-bond acceptors (Lipinski definition) is 3. The summed E-state index contributed by atoms with van der Waals surface area (Å²) in [5.74, 6) is -0.282. The average molecular weight is 259 g/mol. The first kappa shape index (κ1) is 14.1. The second kappa shape index (κ2) is 5.14. The van der Waals surface area contributed by atoms with Crippen LogP contribution >= 0.6 is 0 Å². The van der Waals surface area contributed by atoms with E-state index < -0.39 is 15.1 Å². The minimum Gasteiger partial charge on any atom is -0.312 e. The summed E-state index contributed by atoms with van der Waals surface area (Å²) in [6, 6.07) is 4.33. The zero-order valence-electron chi connectivity index (χ0n) is 10.5. The van der Waals surface area contributed by atoms with Crippen LogP contribution < -0.4 is 5.32 Å². The molecule has 0 aliphatic rings. The maximum Gasteiger partial charge on any atom is 0.151 e. The van der Waals surface area contributed by atoms with Crippen molar-refractivity contribution in [3.63, 3.8) is 0 Å². The molecule has 0 aromatic heterocycles. The second-order valence-electron chi connectivity index (χ2n) is 4.31. The van der Waals surface area contributed by atoms with Crippen LogP contribution in [0.1, 0.15) is 24.1 Å². The van der Waals surface area contributed by atoms with Crippen molar-refractivity contribution < 1.29 is 12.8 Å². The molecule has 2 unspecified atom stereocenters. The van der Waals surface area contributed by atoms with Crippen LogP contribution in [0.5, 0.6) is 0 Å². The van der Waals surface area contributed by atoms with E-state index in [2.05, 4.69) is 5.32 Å². The van der Waals surface area contributed by atoms with E-state index in [4.69, 9.17) is 0 Å². The predicted molar refractivity (Wildman–Crippen MR) is 67.2 cm³/mol. The van der Waals surface area contributed by atoms with Crippen molar-refractivity contribution >= 4 is 9.84 Å². The largest absolute Gasteiger partial charge is 0.312 e. The van der Waals surface area contributed by atoms with Gasteiger partial charge in [-0.2, -0.15) is 0 Å². The standard InChI is InChI=1S/C12H18FNO2S/c1-8-7-10(5-6-11(8)13)12(14-3)9(2)17(4,15)16/h5-7,9,12,14H,1-4H3. The lowest BCUT2D eigenvalue weighted by atomic mass is 10.0. The Balaban J connectivity index is 3.14. The fourth-order valence-electron chi connectivity index (χ4n) is 1.78. The summed E-state index contributed by atoms with van der Waals surface area (Å²) in [4.78, 5) is 0. The van der Waals surface area contributed by atoms with Gasteiger partial charge in [0.1, 0.15) is 5.82 Å². The van der Waals surface area contributed by atoms with Gasteiger partial charge in [0.05, 0.1) is 5.25 Å². The van der Waals surface area contributed by atoms with Gasteiger partial charge in [0.2, 0.25) is 0 Å². The third kappa shape index (κ3) is 3.26. The first-order valence-corrected chi connectivity index (χ1v) is 7.35. The van der Waals surface area contributed by atoms with Crippen molar-refractivity contribution in [2.24, 2.45) is 0 Å². The Morgan fingerprint density at radius 3 is 2.35 bits per heavy atom. The van der Waals surface area contributed by atoms with Gasteiger partial charge in [-0.05, 0) is 38.1 Å². The molecule has 0 fully saturated rings. The number of sulfone groups is 1. The van der Waals surface area contributed by atoms with E-state index in [1.807, 2.05) is 0 Å². The highest BCUT2D eigenvalue weighted by Crippen LogP contribution is 2.23. The monoisotopic (exact) mass is 259 g/mol. The van der Waals surface area contributed by atoms with Crippen molar-refractivity contribution in [1.29, 1.82) is 0 Å². The molecule has 1 aromatic carbocycles. The molecule has 1 N–H and O–H groups in total. The molecule has 0 bridgehead atoms. The van der Waals surface area contributed by atoms with Gasteiger partial charge < -0.3 is 5.32 Å². The van der Waals surface area contributed by atoms with Crippen molar-refractivity contribution in [1.82, 2.24) is 5.32 Å². The van der Waals surface area contributed by atoms with Gasteiger partial charge in [-0.1, -0.05) is 12.1 Å². The number of nitrogens with one attached hydrogen (secondary N) is 1. The summed E-state index contributed by atoms with van der Waals surface area (Å²) in [5.41, 5.74) is 1.30. The molecular formula is C12H18FNO2S. The number of aryl methyl sites for hydroxylation is 1. The minimum absolute atomic E-state index is 0.282. The molecule has 3 nitrogen and oxygen atoms in total. The fraction of sp³-hybridized carbons (Fsp3) is 0.500. The van der Waals surface area contributed by atoms with Gasteiger partial charge in [-0.15, -0.1) is 0 Å². The first-order chi connectivity index (χ1) is 7.77. The normalized spacial score (nSPS) is 15.6. The van der Waals surface area contributed by atoms with Gasteiger partial charge in [0.15, 0.2) is 9.84 Å². The number of halogens is 1. The highest BCUT2D eigenvalue weighted by Gasteiger charge is 2.26. The van der Waals surface area contributed by atoms with Crippen LogP contribution in [0, 0.1) is 12.7 Å².